The fraction of sp³-hybridized carbons (Fsp3) is 1.00. The minimum absolute atomic E-state index is 0.123. The van der Waals surface area contributed by atoms with Crippen LogP contribution in [-0.2, 0) is 4.74 Å². The molecule has 0 aromatic carbocycles. The van der Waals surface area contributed by atoms with Crippen molar-refractivity contribution in [3.63, 3.8) is 0 Å². The van der Waals surface area contributed by atoms with Gasteiger partial charge in [0, 0.05) is 24.7 Å². The van der Waals surface area contributed by atoms with Gasteiger partial charge in [0.15, 0.2) is 0 Å². The number of morpholine rings is 1. The summed E-state index contributed by atoms with van der Waals surface area (Å²) in [6.07, 6.45) is 7.48. The molecule has 0 amide bonds. The van der Waals surface area contributed by atoms with E-state index < -0.39 is 0 Å². The van der Waals surface area contributed by atoms with Crippen LogP contribution in [0.4, 0.5) is 0 Å². The quantitative estimate of drug-likeness (QED) is 0.481. The largest absolute Gasteiger partial charge is 0.379 e. The summed E-state index contributed by atoms with van der Waals surface area (Å²) in [6.45, 7) is 13.0. The fourth-order valence-electron chi connectivity index (χ4n) is 3.58. The number of hydrazine groups is 1. The van der Waals surface area contributed by atoms with E-state index in [2.05, 4.69) is 38.0 Å². The Bertz CT molecular complexity index is 269. The van der Waals surface area contributed by atoms with Crippen LogP contribution in [0.1, 0.15) is 66.2 Å². The Kier molecular flexibility index (Phi) is 8.79. The second kappa shape index (κ2) is 9.78. The van der Waals surface area contributed by atoms with Crippen LogP contribution in [0.25, 0.3) is 0 Å². The molecule has 0 aromatic heterocycles. The first-order valence-electron chi connectivity index (χ1n) is 8.91. The Morgan fingerprint density at radius 1 is 1.24 bits per heavy atom. The smallest absolute Gasteiger partial charge is 0.0594 e. The molecule has 4 nitrogen and oxygen atoms in total. The van der Waals surface area contributed by atoms with Gasteiger partial charge in [-0.25, -0.2) is 0 Å². The van der Waals surface area contributed by atoms with Crippen molar-refractivity contribution in [3.05, 3.63) is 0 Å². The van der Waals surface area contributed by atoms with Crippen LogP contribution < -0.4 is 11.3 Å². The molecule has 3 N–H and O–H groups in total. The van der Waals surface area contributed by atoms with Crippen molar-refractivity contribution in [2.45, 2.75) is 77.8 Å². The number of unbranched alkanes of at least 4 members (excludes halogenated alkanes) is 1. The maximum Gasteiger partial charge on any atom is 0.0594 e. The molecule has 1 aliphatic rings. The lowest BCUT2D eigenvalue weighted by Crippen LogP contribution is -2.63. The number of nitrogens with one attached hydrogen (secondary N) is 1. The molecule has 126 valence electrons. The molecule has 0 aromatic rings. The zero-order chi connectivity index (χ0) is 15.7. The molecular weight excluding hydrogens is 262 g/mol. The SMILES string of the molecule is CCCCC(CC)CC(NN)C(C)(CC)N1CCOCC1. The van der Waals surface area contributed by atoms with Crippen LogP contribution in [0.5, 0.6) is 0 Å². The monoisotopic (exact) mass is 299 g/mol. The average Bonchev–Trinajstić information content (AvgIpc) is 2.55. The lowest BCUT2D eigenvalue weighted by atomic mass is 9.80. The molecule has 0 radical (unpaired) electrons. The van der Waals surface area contributed by atoms with Crippen molar-refractivity contribution >= 4 is 0 Å². The van der Waals surface area contributed by atoms with Crippen molar-refractivity contribution in [3.8, 4) is 0 Å². The van der Waals surface area contributed by atoms with E-state index >= 15 is 0 Å². The molecule has 21 heavy (non-hydrogen) atoms. The van der Waals surface area contributed by atoms with Crippen LogP contribution in [0.15, 0.2) is 0 Å². The number of hydrogen-bond acceptors (Lipinski definition) is 4. The molecule has 0 bridgehead atoms. The van der Waals surface area contributed by atoms with Crippen molar-refractivity contribution in [2.75, 3.05) is 26.3 Å². The number of nitrogens with zero attached hydrogens (tertiary/aromatic N) is 1. The van der Waals surface area contributed by atoms with Crippen LogP contribution in [-0.4, -0.2) is 42.8 Å². The number of nitrogens with two attached hydrogens (primary N) is 1. The summed E-state index contributed by atoms with van der Waals surface area (Å²) in [5.41, 5.74) is 3.27. The van der Waals surface area contributed by atoms with Gasteiger partial charge in [0.1, 0.15) is 0 Å². The second-order valence-electron chi connectivity index (χ2n) is 6.68. The van der Waals surface area contributed by atoms with Gasteiger partial charge in [-0.15, -0.1) is 0 Å². The highest BCUT2D eigenvalue weighted by molar-refractivity contribution is 4.97. The highest BCUT2D eigenvalue weighted by Gasteiger charge is 2.39. The number of ether oxygens (including phenoxy) is 1. The third-order valence-corrected chi connectivity index (χ3v) is 5.51. The van der Waals surface area contributed by atoms with Gasteiger partial charge in [-0.1, -0.05) is 46.5 Å². The van der Waals surface area contributed by atoms with E-state index in [9.17, 15) is 0 Å². The minimum atomic E-state index is 0.123. The number of rotatable bonds is 10. The van der Waals surface area contributed by atoms with E-state index in [1.807, 2.05) is 0 Å². The molecule has 0 saturated carbocycles. The lowest BCUT2D eigenvalue weighted by molar-refractivity contribution is -0.0357. The Labute approximate surface area is 131 Å². The maximum absolute atomic E-state index is 5.96. The normalized spacial score (nSPS) is 22.7. The van der Waals surface area contributed by atoms with E-state index in [4.69, 9.17) is 10.6 Å². The van der Waals surface area contributed by atoms with Crippen LogP contribution in [0.2, 0.25) is 0 Å². The molecule has 3 atom stereocenters. The van der Waals surface area contributed by atoms with Gasteiger partial charge in [0.25, 0.3) is 0 Å². The first-order chi connectivity index (χ1) is 10.1. The first kappa shape index (κ1) is 18.9. The summed E-state index contributed by atoms with van der Waals surface area (Å²) in [6, 6.07) is 0.349. The first-order valence-corrected chi connectivity index (χ1v) is 8.91. The zero-order valence-electron chi connectivity index (χ0n) is 14.7. The molecule has 1 rings (SSSR count). The standard InChI is InChI=1S/C17H37N3O/c1-5-8-9-15(6-2)14-16(19-18)17(4,7-3)20-10-12-21-13-11-20/h15-16,19H,5-14,18H2,1-4H3. The van der Waals surface area contributed by atoms with Gasteiger partial charge in [-0.05, 0) is 25.7 Å². The summed E-state index contributed by atoms with van der Waals surface area (Å²) in [5.74, 6) is 6.74. The number of hydrogen-bond donors (Lipinski definition) is 2. The lowest BCUT2D eigenvalue weighted by Gasteiger charge is -2.48. The summed E-state index contributed by atoms with van der Waals surface area (Å²) in [4.78, 5) is 2.58. The molecule has 1 saturated heterocycles. The van der Waals surface area contributed by atoms with Crippen molar-refractivity contribution < 1.29 is 4.74 Å². The van der Waals surface area contributed by atoms with Gasteiger partial charge in [0.2, 0.25) is 0 Å². The summed E-state index contributed by atoms with van der Waals surface area (Å²) in [5, 5.41) is 0. The van der Waals surface area contributed by atoms with Gasteiger partial charge < -0.3 is 4.74 Å². The van der Waals surface area contributed by atoms with Crippen LogP contribution >= 0.6 is 0 Å². The minimum Gasteiger partial charge on any atom is -0.379 e. The summed E-state index contributed by atoms with van der Waals surface area (Å²) < 4.78 is 5.51. The van der Waals surface area contributed by atoms with Gasteiger partial charge in [-0.2, -0.15) is 0 Å². The fourth-order valence-corrected chi connectivity index (χ4v) is 3.58. The third kappa shape index (κ3) is 5.20. The van der Waals surface area contributed by atoms with Gasteiger partial charge in [-0.3, -0.25) is 16.2 Å². The van der Waals surface area contributed by atoms with Gasteiger partial charge in [0.05, 0.1) is 13.2 Å². The van der Waals surface area contributed by atoms with E-state index in [1.54, 1.807) is 0 Å². The summed E-state index contributed by atoms with van der Waals surface area (Å²) >= 11 is 0. The molecular formula is C17H37N3O. The Balaban J connectivity index is 2.72. The van der Waals surface area contributed by atoms with E-state index in [0.717, 1.165) is 38.6 Å². The Hall–Kier alpha value is -0.160. The topological polar surface area (TPSA) is 50.5 Å². The highest BCUT2D eigenvalue weighted by Crippen LogP contribution is 2.30. The zero-order valence-corrected chi connectivity index (χ0v) is 14.7. The molecule has 4 heteroatoms. The summed E-state index contributed by atoms with van der Waals surface area (Å²) in [7, 11) is 0. The van der Waals surface area contributed by atoms with Crippen molar-refractivity contribution in [2.24, 2.45) is 11.8 Å². The predicted octanol–water partition coefficient (Wildman–Crippen LogP) is 2.93. The average molecular weight is 300 g/mol. The molecule has 0 aliphatic carbocycles. The van der Waals surface area contributed by atoms with Crippen LogP contribution in [0, 0.1) is 5.92 Å². The molecule has 1 aliphatic heterocycles. The van der Waals surface area contributed by atoms with Crippen molar-refractivity contribution in [1.82, 2.24) is 10.3 Å². The maximum atomic E-state index is 5.96. The van der Waals surface area contributed by atoms with E-state index in [-0.39, 0.29) is 5.54 Å². The van der Waals surface area contributed by atoms with Crippen molar-refractivity contribution in [1.29, 1.82) is 0 Å². The molecule has 0 spiro atoms. The highest BCUT2D eigenvalue weighted by atomic mass is 16.5. The molecule has 1 heterocycles. The van der Waals surface area contributed by atoms with Gasteiger partial charge >= 0.3 is 0 Å². The molecule has 3 unspecified atom stereocenters. The predicted molar refractivity (Wildman–Crippen MR) is 90.1 cm³/mol. The second-order valence-corrected chi connectivity index (χ2v) is 6.68. The Morgan fingerprint density at radius 2 is 1.90 bits per heavy atom. The van der Waals surface area contributed by atoms with Crippen LogP contribution in [0.3, 0.4) is 0 Å². The Morgan fingerprint density at radius 3 is 2.38 bits per heavy atom. The van der Waals surface area contributed by atoms with E-state index in [1.165, 1.54) is 32.1 Å². The molecule has 1 fully saturated rings. The van der Waals surface area contributed by atoms with E-state index in [0.29, 0.717) is 6.04 Å². The third-order valence-electron chi connectivity index (χ3n) is 5.51.